The van der Waals surface area contributed by atoms with Gasteiger partial charge in [0.25, 0.3) is 0 Å². The Balaban J connectivity index is 2.03. The van der Waals surface area contributed by atoms with E-state index in [0.29, 0.717) is 0 Å². The predicted molar refractivity (Wildman–Crippen MR) is 59.2 cm³/mol. The van der Waals surface area contributed by atoms with Crippen molar-refractivity contribution in [3.05, 3.63) is 0 Å². The quantitative estimate of drug-likeness (QED) is 0.561. The minimum absolute atomic E-state index is 0.416. The van der Waals surface area contributed by atoms with Crippen LogP contribution in [0.2, 0.25) is 0 Å². The van der Waals surface area contributed by atoms with Crippen LogP contribution < -0.4 is 11.1 Å². The van der Waals surface area contributed by atoms with Crippen molar-refractivity contribution in [1.82, 2.24) is 5.32 Å². The molecule has 0 bridgehead atoms. The van der Waals surface area contributed by atoms with Crippen LogP contribution in [0, 0.1) is 0 Å². The number of hydrogen-bond donors (Lipinski definition) is 3. The number of unbranched alkanes of at least 4 members (excludes halogenated alkanes) is 1. The second-order valence-corrected chi connectivity index (χ2v) is 4.46. The van der Waals surface area contributed by atoms with E-state index in [-0.39, 0.29) is 0 Å². The zero-order valence-electron chi connectivity index (χ0n) is 9.10. The topological polar surface area (TPSA) is 58.3 Å². The minimum atomic E-state index is -0.416. The van der Waals surface area contributed by atoms with Crippen LogP contribution in [0.5, 0.6) is 0 Å². The van der Waals surface area contributed by atoms with Crippen LogP contribution in [0.3, 0.4) is 0 Å². The molecule has 0 aromatic heterocycles. The van der Waals surface area contributed by atoms with Gasteiger partial charge in [0.1, 0.15) is 0 Å². The molecule has 0 unspecified atom stereocenters. The number of nitrogens with two attached hydrogens (primary N) is 1. The lowest BCUT2D eigenvalue weighted by Gasteiger charge is -2.32. The molecule has 1 aliphatic carbocycles. The van der Waals surface area contributed by atoms with Gasteiger partial charge in [-0.2, -0.15) is 0 Å². The van der Waals surface area contributed by atoms with E-state index in [1.54, 1.807) is 0 Å². The molecule has 3 heteroatoms. The van der Waals surface area contributed by atoms with E-state index in [0.717, 1.165) is 45.3 Å². The molecule has 0 saturated heterocycles. The molecule has 0 aromatic rings. The smallest absolute Gasteiger partial charge is 0.0771 e. The van der Waals surface area contributed by atoms with Gasteiger partial charge in [0, 0.05) is 6.54 Å². The Morgan fingerprint density at radius 3 is 2.50 bits per heavy atom. The number of hydrogen-bond acceptors (Lipinski definition) is 3. The van der Waals surface area contributed by atoms with Gasteiger partial charge >= 0.3 is 0 Å². The van der Waals surface area contributed by atoms with Crippen LogP contribution in [-0.2, 0) is 0 Å². The van der Waals surface area contributed by atoms with Crippen LogP contribution in [0.25, 0.3) is 0 Å². The van der Waals surface area contributed by atoms with Gasteiger partial charge < -0.3 is 16.2 Å². The minimum Gasteiger partial charge on any atom is -0.389 e. The molecule has 1 fully saturated rings. The van der Waals surface area contributed by atoms with Crippen molar-refractivity contribution in [2.45, 2.75) is 50.5 Å². The first-order chi connectivity index (χ1) is 6.77. The zero-order valence-corrected chi connectivity index (χ0v) is 9.10. The van der Waals surface area contributed by atoms with Crippen LogP contribution >= 0.6 is 0 Å². The fraction of sp³-hybridized carbons (Fsp3) is 1.00. The Morgan fingerprint density at radius 1 is 1.14 bits per heavy atom. The third-order valence-electron chi connectivity index (χ3n) is 3.05. The van der Waals surface area contributed by atoms with E-state index in [1.807, 2.05) is 0 Å². The van der Waals surface area contributed by atoms with E-state index in [4.69, 9.17) is 5.73 Å². The summed E-state index contributed by atoms with van der Waals surface area (Å²) >= 11 is 0. The summed E-state index contributed by atoms with van der Waals surface area (Å²) in [5.41, 5.74) is 4.99. The molecule has 0 amide bonds. The summed E-state index contributed by atoms with van der Waals surface area (Å²) in [4.78, 5) is 0. The first-order valence-corrected chi connectivity index (χ1v) is 5.90. The van der Waals surface area contributed by atoms with Gasteiger partial charge in [-0.05, 0) is 38.8 Å². The largest absolute Gasteiger partial charge is 0.389 e. The maximum atomic E-state index is 10.1. The molecule has 1 rings (SSSR count). The molecule has 0 aromatic carbocycles. The molecular weight excluding hydrogens is 176 g/mol. The molecule has 1 aliphatic rings. The molecular formula is C11H24N2O. The van der Waals surface area contributed by atoms with Crippen molar-refractivity contribution in [2.75, 3.05) is 19.6 Å². The first kappa shape index (κ1) is 12.0. The van der Waals surface area contributed by atoms with Gasteiger partial charge in [-0.15, -0.1) is 0 Å². The second-order valence-electron chi connectivity index (χ2n) is 4.46. The maximum absolute atomic E-state index is 10.1. The van der Waals surface area contributed by atoms with Gasteiger partial charge in [-0.3, -0.25) is 0 Å². The number of nitrogens with one attached hydrogen (secondary N) is 1. The summed E-state index contributed by atoms with van der Waals surface area (Å²) in [6, 6.07) is 0. The van der Waals surface area contributed by atoms with Crippen molar-refractivity contribution in [2.24, 2.45) is 5.73 Å². The highest BCUT2D eigenvalue weighted by Gasteiger charge is 2.28. The average molecular weight is 200 g/mol. The lowest BCUT2D eigenvalue weighted by Crippen LogP contribution is -2.42. The first-order valence-electron chi connectivity index (χ1n) is 5.90. The van der Waals surface area contributed by atoms with Gasteiger partial charge in [0.05, 0.1) is 5.60 Å². The number of rotatable bonds is 6. The standard InChI is InChI=1S/C11H24N2O/c12-8-4-5-9-13-10-11(14)6-2-1-3-7-11/h13-14H,1-10,12H2. The Hall–Kier alpha value is -0.120. The summed E-state index contributed by atoms with van der Waals surface area (Å²) in [6.07, 6.45) is 7.78. The molecule has 0 atom stereocenters. The maximum Gasteiger partial charge on any atom is 0.0771 e. The highest BCUT2D eigenvalue weighted by molar-refractivity contribution is 4.84. The van der Waals surface area contributed by atoms with Crippen molar-refractivity contribution >= 4 is 0 Å². The van der Waals surface area contributed by atoms with Crippen LogP contribution in [-0.4, -0.2) is 30.3 Å². The van der Waals surface area contributed by atoms with Crippen molar-refractivity contribution < 1.29 is 5.11 Å². The highest BCUT2D eigenvalue weighted by Crippen LogP contribution is 2.27. The molecule has 14 heavy (non-hydrogen) atoms. The summed E-state index contributed by atoms with van der Waals surface area (Å²) in [7, 11) is 0. The van der Waals surface area contributed by atoms with E-state index >= 15 is 0 Å². The normalized spacial score (nSPS) is 21.0. The van der Waals surface area contributed by atoms with Crippen molar-refractivity contribution in [3.63, 3.8) is 0 Å². The van der Waals surface area contributed by atoms with Gasteiger partial charge in [-0.25, -0.2) is 0 Å². The molecule has 3 nitrogen and oxygen atoms in total. The Morgan fingerprint density at radius 2 is 1.86 bits per heavy atom. The Labute approximate surface area is 87.1 Å². The highest BCUT2D eigenvalue weighted by atomic mass is 16.3. The third-order valence-corrected chi connectivity index (χ3v) is 3.05. The molecule has 4 N–H and O–H groups in total. The van der Waals surface area contributed by atoms with Crippen LogP contribution in [0.1, 0.15) is 44.9 Å². The third kappa shape index (κ3) is 4.40. The van der Waals surface area contributed by atoms with E-state index in [9.17, 15) is 5.11 Å². The molecule has 0 aliphatic heterocycles. The summed E-state index contributed by atoms with van der Waals surface area (Å²) < 4.78 is 0. The molecule has 84 valence electrons. The lowest BCUT2D eigenvalue weighted by atomic mass is 9.85. The fourth-order valence-corrected chi connectivity index (χ4v) is 2.10. The predicted octanol–water partition coefficient (Wildman–Crippen LogP) is 1.01. The second kappa shape index (κ2) is 6.38. The van der Waals surface area contributed by atoms with E-state index in [2.05, 4.69) is 5.32 Å². The van der Waals surface area contributed by atoms with Crippen molar-refractivity contribution in [1.29, 1.82) is 0 Å². The van der Waals surface area contributed by atoms with Gasteiger partial charge in [-0.1, -0.05) is 19.3 Å². The van der Waals surface area contributed by atoms with Gasteiger partial charge in [0.15, 0.2) is 0 Å². The number of aliphatic hydroxyl groups is 1. The zero-order chi connectivity index (χ0) is 10.3. The molecule has 1 saturated carbocycles. The SMILES string of the molecule is NCCCCNCC1(O)CCCCC1. The molecule has 0 spiro atoms. The molecule has 0 radical (unpaired) electrons. The van der Waals surface area contributed by atoms with E-state index < -0.39 is 5.60 Å². The van der Waals surface area contributed by atoms with Crippen LogP contribution in [0.4, 0.5) is 0 Å². The lowest BCUT2D eigenvalue weighted by molar-refractivity contribution is 0.00505. The Kier molecular flexibility index (Phi) is 5.45. The summed E-state index contributed by atoms with van der Waals surface area (Å²) in [5.74, 6) is 0. The summed E-state index contributed by atoms with van der Waals surface area (Å²) in [6.45, 7) is 2.52. The fourth-order valence-electron chi connectivity index (χ4n) is 2.10. The Bertz CT molecular complexity index is 144. The average Bonchev–Trinajstić information content (AvgIpc) is 2.18. The van der Waals surface area contributed by atoms with E-state index in [1.165, 1.54) is 19.3 Å². The van der Waals surface area contributed by atoms with Crippen molar-refractivity contribution in [3.8, 4) is 0 Å². The van der Waals surface area contributed by atoms with Crippen LogP contribution in [0.15, 0.2) is 0 Å². The molecule has 0 heterocycles. The summed E-state index contributed by atoms with van der Waals surface area (Å²) in [5, 5.41) is 13.5. The monoisotopic (exact) mass is 200 g/mol. The van der Waals surface area contributed by atoms with Gasteiger partial charge in [0.2, 0.25) is 0 Å².